The minimum atomic E-state index is -1.07. The van der Waals surface area contributed by atoms with Crippen LogP contribution in [0.2, 0.25) is 5.02 Å². The summed E-state index contributed by atoms with van der Waals surface area (Å²) in [6, 6.07) is 12.6. The first kappa shape index (κ1) is 21.7. The highest BCUT2D eigenvalue weighted by Crippen LogP contribution is 2.32. The number of thioether (sulfide) groups is 1. The Morgan fingerprint density at radius 3 is 2.73 bits per heavy atom. The van der Waals surface area contributed by atoms with Gasteiger partial charge in [-0.15, -0.1) is 5.10 Å². The highest BCUT2D eigenvalue weighted by Gasteiger charge is 2.14. The van der Waals surface area contributed by atoms with Gasteiger partial charge >= 0.3 is 5.97 Å². The molecule has 0 unspecified atom stereocenters. The number of nitrogens with one attached hydrogen (secondary N) is 1. The number of carboxylic acid groups (broad SMARTS) is 1. The fraction of sp³-hybridized carbons (Fsp3) is 0.190. The van der Waals surface area contributed by atoms with Crippen LogP contribution in [0.3, 0.4) is 0 Å². The Morgan fingerprint density at radius 1 is 1.27 bits per heavy atom. The lowest BCUT2D eigenvalue weighted by atomic mass is 10.2. The quantitative estimate of drug-likeness (QED) is 0.359. The van der Waals surface area contributed by atoms with Crippen LogP contribution in [-0.2, 0) is 17.8 Å². The Kier molecular flexibility index (Phi) is 7.37. The number of methoxy groups -OCH3 is 1. The third-order valence-electron chi connectivity index (χ3n) is 4.08. The molecule has 2 aromatic carbocycles. The number of halogens is 1. The first-order valence-corrected chi connectivity index (χ1v) is 10.3. The van der Waals surface area contributed by atoms with Crippen molar-refractivity contribution in [3.05, 3.63) is 69.3 Å². The summed E-state index contributed by atoms with van der Waals surface area (Å²) in [7, 11) is 1.53. The molecule has 0 aliphatic carbocycles. The van der Waals surface area contributed by atoms with E-state index < -0.39 is 5.97 Å². The SMILES string of the molecule is CCc1nc(S/C(=C\c2ccc(OCc3ccccc3Cl)c(OC)c2)C(=O)O)n[nH]1. The maximum atomic E-state index is 11.7. The molecule has 0 saturated carbocycles. The van der Waals surface area contributed by atoms with Gasteiger partial charge in [0.25, 0.3) is 0 Å². The summed E-state index contributed by atoms with van der Waals surface area (Å²) in [4.78, 5) is 16.0. The fourth-order valence-electron chi connectivity index (χ4n) is 2.53. The third kappa shape index (κ3) is 5.55. The topological polar surface area (TPSA) is 97.3 Å². The number of rotatable bonds is 9. The predicted molar refractivity (Wildman–Crippen MR) is 116 cm³/mol. The summed E-state index contributed by atoms with van der Waals surface area (Å²) in [6.07, 6.45) is 2.22. The van der Waals surface area contributed by atoms with Crippen LogP contribution >= 0.6 is 23.4 Å². The number of carboxylic acids is 1. The number of hydrogen-bond donors (Lipinski definition) is 2. The Hall–Kier alpha value is -2.97. The molecule has 0 bridgehead atoms. The zero-order chi connectivity index (χ0) is 21.5. The molecule has 0 atom stereocenters. The van der Waals surface area contributed by atoms with Crippen LogP contribution in [0.5, 0.6) is 11.5 Å². The molecule has 0 spiro atoms. The second-order valence-electron chi connectivity index (χ2n) is 6.12. The van der Waals surface area contributed by atoms with Crippen LogP contribution < -0.4 is 9.47 Å². The van der Waals surface area contributed by atoms with Gasteiger partial charge in [-0.1, -0.05) is 42.8 Å². The highest BCUT2D eigenvalue weighted by atomic mass is 35.5. The predicted octanol–water partition coefficient (Wildman–Crippen LogP) is 4.83. The second-order valence-corrected chi connectivity index (χ2v) is 7.54. The van der Waals surface area contributed by atoms with Crippen molar-refractivity contribution in [2.45, 2.75) is 25.1 Å². The van der Waals surface area contributed by atoms with Crippen molar-refractivity contribution < 1.29 is 19.4 Å². The van der Waals surface area contributed by atoms with Gasteiger partial charge in [0.2, 0.25) is 5.16 Å². The number of nitrogens with zero attached hydrogens (tertiary/aromatic N) is 2. The van der Waals surface area contributed by atoms with E-state index in [1.165, 1.54) is 13.2 Å². The van der Waals surface area contributed by atoms with E-state index in [2.05, 4.69) is 15.2 Å². The van der Waals surface area contributed by atoms with E-state index in [0.29, 0.717) is 39.5 Å². The molecule has 3 aromatic rings. The van der Waals surface area contributed by atoms with E-state index in [0.717, 1.165) is 17.3 Å². The van der Waals surface area contributed by atoms with Gasteiger partial charge in [-0.3, -0.25) is 5.10 Å². The molecule has 2 N–H and O–H groups in total. The normalized spacial score (nSPS) is 11.4. The lowest BCUT2D eigenvalue weighted by Gasteiger charge is -2.12. The Labute approximate surface area is 183 Å². The number of aromatic nitrogens is 3. The van der Waals surface area contributed by atoms with Gasteiger partial charge in [0.15, 0.2) is 11.5 Å². The van der Waals surface area contributed by atoms with E-state index in [1.807, 2.05) is 25.1 Å². The van der Waals surface area contributed by atoms with Gasteiger partial charge < -0.3 is 14.6 Å². The van der Waals surface area contributed by atoms with Gasteiger partial charge in [-0.05, 0) is 41.6 Å². The number of aryl methyl sites for hydroxylation is 1. The smallest absolute Gasteiger partial charge is 0.342 e. The molecule has 0 amide bonds. The van der Waals surface area contributed by atoms with E-state index in [-0.39, 0.29) is 11.5 Å². The van der Waals surface area contributed by atoms with Gasteiger partial charge in [-0.2, -0.15) is 0 Å². The molecule has 1 heterocycles. The monoisotopic (exact) mass is 445 g/mol. The number of carbonyl (C=O) groups is 1. The van der Waals surface area contributed by atoms with E-state index >= 15 is 0 Å². The molecule has 30 heavy (non-hydrogen) atoms. The number of H-pyrrole nitrogens is 1. The maximum absolute atomic E-state index is 11.7. The van der Waals surface area contributed by atoms with Crippen molar-refractivity contribution in [2.24, 2.45) is 0 Å². The molecular formula is C21H20ClN3O4S. The number of hydrogen-bond acceptors (Lipinski definition) is 6. The largest absolute Gasteiger partial charge is 0.493 e. The zero-order valence-corrected chi connectivity index (χ0v) is 18.0. The van der Waals surface area contributed by atoms with E-state index in [4.69, 9.17) is 21.1 Å². The minimum Gasteiger partial charge on any atom is -0.493 e. The first-order valence-electron chi connectivity index (χ1n) is 9.08. The molecule has 156 valence electrons. The molecular weight excluding hydrogens is 426 g/mol. The van der Waals surface area contributed by atoms with Crippen molar-refractivity contribution in [2.75, 3.05) is 7.11 Å². The average Bonchev–Trinajstić information content (AvgIpc) is 3.20. The summed E-state index contributed by atoms with van der Waals surface area (Å²) in [5.41, 5.74) is 1.50. The van der Waals surface area contributed by atoms with Gasteiger partial charge in [0.1, 0.15) is 17.3 Å². The Balaban J connectivity index is 1.79. The highest BCUT2D eigenvalue weighted by molar-refractivity contribution is 8.04. The molecule has 0 fully saturated rings. The fourth-order valence-corrected chi connectivity index (χ4v) is 3.45. The van der Waals surface area contributed by atoms with Gasteiger partial charge in [-0.25, -0.2) is 9.78 Å². The van der Waals surface area contributed by atoms with Gasteiger partial charge in [0.05, 0.1) is 7.11 Å². The van der Waals surface area contributed by atoms with Crippen LogP contribution in [-0.4, -0.2) is 33.4 Å². The average molecular weight is 446 g/mol. The van der Waals surface area contributed by atoms with E-state index in [9.17, 15) is 9.90 Å². The lowest BCUT2D eigenvalue weighted by molar-refractivity contribution is -0.131. The molecule has 0 aliphatic heterocycles. The number of benzene rings is 2. The first-order chi connectivity index (χ1) is 14.5. The molecule has 1 aromatic heterocycles. The number of ether oxygens (including phenoxy) is 2. The van der Waals surface area contributed by atoms with Crippen LogP contribution in [0.4, 0.5) is 0 Å². The van der Waals surface area contributed by atoms with Crippen LogP contribution in [0.1, 0.15) is 23.9 Å². The zero-order valence-electron chi connectivity index (χ0n) is 16.4. The molecule has 0 radical (unpaired) electrons. The lowest BCUT2D eigenvalue weighted by Crippen LogP contribution is -1.99. The van der Waals surface area contributed by atoms with Crippen molar-refractivity contribution >= 4 is 35.4 Å². The van der Waals surface area contributed by atoms with Crippen molar-refractivity contribution in [3.8, 4) is 11.5 Å². The number of aliphatic carboxylic acids is 1. The number of aromatic amines is 1. The molecule has 0 saturated heterocycles. The minimum absolute atomic E-state index is 0.0865. The van der Waals surface area contributed by atoms with Crippen molar-refractivity contribution in [3.63, 3.8) is 0 Å². The second kappa shape index (κ2) is 10.2. The van der Waals surface area contributed by atoms with Gasteiger partial charge in [0, 0.05) is 17.0 Å². The molecule has 3 rings (SSSR count). The standard InChI is InChI=1S/C21H20ClN3O4S/c1-3-19-23-21(25-24-19)30-18(20(26)27)11-13-8-9-16(17(10-13)28-2)29-12-14-6-4-5-7-15(14)22/h4-11H,3,12H2,1-2H3,(H,26,27)(H,23,24,25)/b18-11-. The maximum Gasteiger partial charge on any atom is 0.342 e. The summed E-state index contributed by atoms with van der Waals surface area (Å²) < 4.78 is 11.2. The van der Waals surface area contributed by atoms with Crippen molar-refractivity contribution in [1.29, 1.82) is 0 Å². The summed E-state index contributed by atoms with van der Waals surface area (Å²) in [5.74, 6) is 0.641. The molecule has 7 nitrogen and oxygen atoms in total. The van der Waals surface area contributed by atoms with E-state index in [1.54, 1.807) is 24.3 Å². The third-order valence-corrected chi connectivity index (χ3v) is 5.33. The van der Waals surface area contributed by atoms with Crippen molar-refractivity contribution in [1.82, 2.24) is 15.2 Å². The molecule has 9 heteroatoms. The summed E-state index contributed by atoms with van der Waals surface area (Å²) in [6.45, 7) is 2.22. The van der Waals surface area contributed by atoms with Crippen LogP contribution in [0.15, 0.2) is 52.5 Å². The Morgan fingerprint density at radius 2 is 2.07 bits per heavy atom. The Bertz CT molecular complexity index is 1070. The van der Waals surface area contributed by atoms with Crippen LogP contribution in [0.25, 0.3) is 6.08 Å². The summed E-state index contributed by atoms with van der Waals surface area (Å²) in [5, 5.41) is 17.3. The summed E-state index contributed by atoms with van der Waals surface area (Å²) >= 11 is 7.14. The van der Waals surface area contributed by atoms with Crippen LogP contribution in [0, 0.1) is 0 Å². The molecule has 0 aliphatic rings.